The van der Waals surface area contributed by atoms with Crippen molar-refractivity contribution in [2.75, 3.05) is 7.11 Å². The van der Waals surface area contributed by atoms with Gasteiger partial charge in [0.05, 0.1) is 12.7 Å². The summed E-state index contributed by atoms with van der Waals surface area (Å²) in [5.74, 6) is 0.683. The molecule has 0 unspecified atom stereocenters. The Kier molecular flexibility index (Phi) is 9.59. The number of carbonyl (C=O) groups excluding carboxylic acids is 2. The summed E-state index contributed by atoms with van der Waals surface area (Å²) in [6.45, 7) is 13.7. The largest absolute Gasteiger partial charge is 0.496 e. The number of hydrogen-bond acceptors (Lipinski definition) is 8. The Labute approximate surface area is 252 Å². The van der Waals surface area contributed by atoms with Gasteiger partial charge in [0, 0.05) is 17.7 Å². The van der Waals surface area contributed by atoms with Crippen LogP contribution in [0.15, 0.2) is 72.8 Å². The molecule has 1 saturated heterocycles. The van der Waals surface area contributed by atoms with Crippen molar-refractivity contribution in [3.05, 3.63) is 95.1 Å². The Balaban J connectivity index is 1.56. The van der Waals surface area contributed by atoms with Crippen molar-refractivity contribution in [2.24, 2.45) is 0 Å². The van der Waals surface area contributed by atoms with Gasteiger partial charge in [0.25, 0.3) is 0 Å². The highest BCUT2D eigenvalue weighted by Gasteiger charge is 2.54. The smallest absolute Gasteiger partial charge is 0.343 e. The molecule has 1 aliphatic rings. The molecule has 3 aromatic carbocycles. The van der Waals surface area contributed by atoms with Crippen molar-refractivity contribution in [2.45, 2.75) is 58.3 Å². The Bertz CT molecular complexity index is 1420. The molecule has 8 nitrogen and oxygen atoms in total. The van der Waals surface area contributed by atoms with Crippen molar-refractivity contribution in [3.63, 3.8) is 0 Å². The third-order valence-electron chi connectivity index (χ3n) is 6.76. The Morgan fingerprint density at radius 2 is 1.02 bits per heavy atom. The molecule has 1 heterocycles. The third-order valence-corrected chi connectivity index (χ3v) is 23.6. The van der Waals surface area contributed by atoms with E-state index in [0.29, 0.717) is 29.0 Å². The predicted octanol–water partition coefficient (Wildman–Crippen LogP) is 6.61. The Morgan fingerprint density at radius 3 is 1.48 bits per heavy atom. The average molecular weight is 641 g/mol. The van der Waals surface area contributed by atoms with Crippen LogP contribution in [-0.4, -0.2) is 53.1 Å². The van der Waals surface area contributed by atoms with E-state index < -0.39 is 40.2 Å². The van der Waals surface area contributed by atoms with Gasteiger partial charge in [0.15, 0.2) is 5.78 Å². The highest BCUT2D eigenvalue weighted by Crippen LogP contribution is 2.36. The van der Waals surface area contributed by atoms with E-state index in [1.54, 1.807) is 37.4 Å². The van der Waals surface area contributed by atoms with E-state index in [1.165, 1.54) is 6.92 Å². The maximum Gasteiger partial charge on any atom is 0.343 e. The zero-order valence-electron chi connectivity index (χ0n) is 25.6. The van der Waals surface area contributed by atoms with Gasteiger partial charge in [-0.2, -0.15) is 0 Å². The second kappa shape index (κ2) is 12.5. The van der Waals surface area contributed by atoms with E-state index in [4.69, 9.17) is 25.9 Å². The molecule has 0 aliphatic carbocycles. The first-order valence-electron chi connectivity index (χ1n) is 14.0. The predicted molar refractivity (Wildman–Crippen MR) is 171 cm³/mol. The Morgan fingerprint density at radius 1 is 0.619 bits per heavy atom. The van der Waals surface area contributed by atoms with Crippen LogP contribution in [0.2, 0.25) is 39.3 Å². The van der Waals surface area contributed by atoms with Crippen LogP contribution in [0.25, 0.3) is 0 Å². The van der Waals surface area contributed by atoms with Crippen LogP contribution in [0.4, 0.5) is 0 Å². The van der Waals surface area contributed by atoms with E-state index in [9.17, 15) is 9.59 Å². The van der Waals surface area contributed by atoms with Gasteiger partial charge in [-0.15, -0.1) is 0 Å². The summed E-state index contributed by atoms with van der Waals surface area (Å²) in [4.78, 5) is 24.6. The van der Waals surface area contributed by atoms with Crippen molar-refractivity contribution >= 4 is 46.0 Å². The third kappa shape index (κ3) is 8.23. The molecule has 0 atom stereocenters. The summed E-state index contributed by atoms with van der Waals surface area (Å²) < 4.78 is 39.0. The van der Waals surface area contributed by atoms with Gasteiger partial charge in [0.1, 0.15) is 11.5 Å². The number of carbonyl (C=O) groups is 2. The van der Waals surface area contributed by atoms with Crippen molar-refractivity contribution in [1.82, 2.24) is 0 Å². The summed E-state index contributed by atoms with van der Waals surface area (Å²) in [6, 6.07) is 22.9. The molecule has 1 aliphatic heterocycles. The zero-order valence-corrected chi connectivity index (χ0v) is 29.6. The summed E-state index contributed by atoms with van der Waals surface area (Å²) in [5, 5.41) is 0. The number of para-hydroxylation sites is 2. The molecule has 0 bridgehead atoms. The lowest BCUT2D eigenvalue weighted by molar-refractivity contribution is 0.0732. The minimum atomic E-state index is -2.94. The van der Waals surface area contributed by atoms with E-state index >= 15 is 0 Å². The number of ether oxygens (including phenoxy) is 2. The molecule has 0 spiro atoms. The van der Waals surface area contributed by atoms with Crippen LogP contribution in [-0.2, 0) is 28.5 Å². The number of Topliss-reactive ketones (excluding diaryl/α,β-unsaturated/α-hetero) is 1. The van der Waals surface area contributed by atoms with E-state index in [0.717, 1.165) is 16.9 Å². The average Bonchev–Trinajstić information content (AvgIpc) is 2.87. The summed E-state index contributed by atoms with van der Waals surface area (Å²) in [6.07, 6.45) is 0. The molecular weight excluding hydrogens is 601 g/mol. The summed E-state index contributed by atoms with van der Waals surface area (Å²) in [7, 11) is -9.54. The van der Waals surface area contributed by atoms with Gasteiger partial charge in [-0.3, -0.25) is 4.79 Å². The first-order valence-corrected chi connectivity index (χ1v) is 24.6. The first-order chi connectivity index (χ1) is 19.6. The zero-order chi connectivity index (χ0) is 30.8. The molecule has 3 aromatic rings. The lowest BCUT2D eigenvalue weighted by Crippen LogP contribution is -2.67. The van der Waals surface area contributed by atoms with Crippen LogP contribution < -0.4 is 9.47 Å². The van der Waals surface area contributed by atoms with Crippen LogP contribution in [0.1, 0.15) is 38.8 Å². The van der Waals surface area contributed by atoms with Crippen molar-refractivity contribution < 1.29 is 35.5 Å². The number of esters is 1. The maximum absolute atomic E-state index is 13.0. The lowest BCUT2D eigenvalue weighted by atomic mass is 10.1. The van der Waals surface area contributed by atoms with Crippen LogP contribution in [0, 0.1) is 0 Å². The fourth-order valence-corrected chi connectivity index (χ4v) is 27.5. The first kappa shape index (κ1) is 32.2. The highest BCUT2D eigenvalue weighted by atomic mass is 28.5. The van der Waals surface area contributed by atoms with E-state index in [-0.39, 0.29) is 5.78 Å². The van der Waals surface area contributed by atoms with Gasteiger partial charge in [-0.1, -0.05) is 48.5 Å². The molecule has 0 radical (unpaired) electrons. The number of ketones is 1. The van der Waals surface area contributed by atoms with Gasteiger partial charge < -0.3 is 25.9 Å². The Hall–Kier alpha value is -2.69. The van der Waals surface area contributed by atoms with Gasteiger partial charge in [0.2, 0.25) is 0 Å². The van der Waals surface area contributed by atoms with E-state index in [1.807, 2.05) is 75.2 Å². The molecule has 0 aromatic heterocycles. The fourth-order valence-electron chi connectivity index (χ4n) is 5.60. The fraction of sp³-hybridized carbons (Fsp3) is 0.333. The van der Waals surface area contributed by atoms with Crippen molar-refractivity contribution in [1.29, 1.82) is 0 Å². The van der Waals surface area contributed by atoms with E-state index in [2.05, 4.69) is 6.55 Å². The highest BCUT2D eigenvalue weighted by molar-refractivity contribution is 6.93. The molecule has 4 rings (SSSR count). The monoisotopic (exact) mass is 640 g/mol. The minimum Gasteiger partial charge on any atom is -0.496 e. The number of benzene rings is 3. The molecule has 12 heteroatoms. The normalized spacial score (nSPS) is 23.3. The van der Waals surface area contributed by atoms with Crippen LogP contribution in [0.3, 0.4) is 0 Å². The molecule has 0 saturated carbocycles. The molecule has 224 valence electrons. The van der Waals surface area contributed by atoms with Gasteiger partial charge in [-0.05, 0) is 81.6 Å². The molecule has 1 fully saturated rings. The quantitative estimate of drug-likeness (QED) is 0.118. The lowest BCUT2D eigenvalue weighted by Gasteiger charge is -2.48. The second-order valence-corrected chi connectivity index (χ2v) is 25.9. The number of methoxy groups -OCH3 is 1. The minimum absolute atomic E-state index is 0.0636. The summed E-state index contributed by atoms with van der Waals surface area (Å²) in [5.41, 5.74) is 2.75. The van der Waals surface area contributed by atoms with Crippen molar-refractivity contribution in [3.8, 4) is 11.5 Å². The molecular formula is C30H40O8Si4. The number of hydrogen-bond donors (Lipinski definition) is 0. The van der Waals surface area contributed by atoms with Gasteiger partial charge >= 0.3 is 40.2 Å². The summed E-state index contributed by atoms with van der Waals surface area (Å²) >= 11 is 0. The van der Waals surface area contributed by atoms with Crippen LogP contribution in [0.5, 0.6) is 11.5 Å². The molecule has 42 heavy (non-hydrogen) atoms. The molecule has 0 N–H and O–H groups in total. The molecule has 0 amide bonds. The number of rotatable bonds is 8. The second-order valence-electron chi connectivity index (χ2n) is 11.8. The van der Waals surface area contributed by atoms with Crippen LogP contribution >= 0.6 is 0 Å². The SMILES string of the molecule is COc1ccccc1C[Si]1(C)O[Si](C)(C)O[Si](C)(Cc2ccccc2OC(=O)c2ccc(C(C)=O)cc2)O[Si](C)(C)O1. The standard InChI is InChI=1S/C30H40O8Si4/c1-23(31)24-17-19-25(20-18-24)30(32)34-29-16-12-10-14-27(29)22-42(8)37-39(3,4)35-41(7,36-40(5,6)38-42)21-26-13-9-11-15-28(26)33-2/h9-20H,21-22H2,1-8H3. The topological polar surface area (TPSA) is 89.5 Å². The maximum atomic E-state index is 13.0. The van der Waals surface area contributed by atoms with Gasteiger partial charge in [-0.25, -0.2) is 4.79 Å².